The summed E-state index contributed by atoms with van der Waals surface area (Å²) in [5.74, 6) is -1.17. The van der Waals surface area contributed by atoms with Crippen LogP contribution in [0.5, 0.6) is 0 Å². The van der Waals surface area contributed by atoms with E-state index in [1.54, 1.807) is 24.3 Å². The van der Waals surface area contributed by atoms with Crippen LogP contribution in [0.15, 0.2) is 60.8 Å². The van der Waals surface area contributed by atoms with Gasteiger partial charge >= 0.3 is 5.97 Å². The van der Waals surface area contributed by atoms with Crippen LogP contribution in [0.2, 0.25) is 0 Å². The third-order valence-electron chi connectivity index (χ3n) is 7.27. The number of nitrogens with zero attached hydrogens (tertiary/aromatic N) is 1. The molecule has 37 heavy (non-hydrogen) atoms. The van der Waals surface area contributed by atoms with Crippen molar-refractivity contribution in [3.05, 3.63) is 71.9 Å². The van der Waals surface area contributed by atoms with Crippen molar-refractivity contribution in [3.63, 3.8) is 0 Å². The van der Waals surface area contributed by atoms with Crippen LogP contribution in [0, 0.1) is 5.92 Å². The molecule has 2 aromatic carbocycles. The van der Waals surface area contributed by atoms with Crippen LogP contribution in [0.25, 0.3) is 10.9 Å². The number of carbonyl (C=O) groups excluding carboxylic acids is 3. The van der Waals surface area contributed by atoms with Crippen LogP contribution >= 0.6 is 0 Å². The maximum Gasteiger partial charge on any atom is 0.311 e. The fourth-order valence-electron chi connectivity index (χ4n) is 5.20. The Bertz CT molecular complexity index is 1220. The minimum absolute atomic E-state index is 0.0856. The van der Waals surface area contributed by atoms with Gasteiger partial charge in [-0.3, -0.25) is 14.4 Å². The van der Waals surface area contributed by atoms with Crippen molar-refractivity contribution in [1.29, 1.82) is 0 Å². The number of unbranched alkanes of at least 4 members (excludes halogenated alkanes) is 1. The second-order valence-electron chi connectivity index (χ2n) is 9.91. The van der Waals surface area contributed by atoms with E-state index in [2.05, 4.69) is 40.3 Å². The van der Waals surface area contributed by atoms with Crippen LogP contribution in [-0.2, 0) is 27.9 Å². The monoisotopic (exact) mass is 503 g/mol. The molecule has 1 unspecified atom stereocenters. The number of hydrogen-bond donors (Lipinski definition) is 2. The predicted molar refractivity (Wildman–Crippen MR) is 144 cm³/mol. The van der Waals surface area contributed by atoms with Crippen molar-refractivity contribution in [2.24, 2.45) is 13.0 Å². The summed E-state index contributed by atoms with van der Waals surface area (Å²) >= 11 is 0. The lowest BCUT2D eigenvalue weighted by Gasteiger charge is -2.24. The van der Waals surface area contributed by atoms with Crippen molar-refractivity contribution in [3.8, 4) is 0 Å². The van der Waals surface area contributed by atoms with Crippen molar-refractivity contribution in [1.82, 2.24) is 15.2 Å². The zero-order chi connectivity index (χ0) is 26.2. The number of rotatable bonds is 12. The van der Waals surface area contributed by atoms with Gasteiger partial charge in [0, 0.05) is 31.4 Å². The molecule has 196 valence electrons. The van der Waals surface area contributed by atoms with Crippen LogP contribution in [0.1, 0.15) is 61.4 Å². The predicted octanol–water partition coefficient (Wildman–Crippen LogP) is 4.54. The van der Waals surface area contributed by atoms with Crippen LogP contribution in [0.3, 0.4) is 0 Å². The Hall–Kier alpha value is -3.45. The number of benzene rings is 2. The fraction of sp³-hybridized carbons (Fsp3) is 0.433. The summed E-state index contributed by atoms with van der Waals surface area (Å²) in [5, 5.41) is 7.77. The average molecular weight is 504 g/mol. The van der Waals surface area contributed by atoms with E-state index in [4.69, 9.17) is 4.74 Å². The lowest BCUT2D eigenvalue weighted by atomic mass is 10.0. The molecule has 7 nitrogen and oxygen atoms in total. The second kappa shape index (κ2) is 12.7. The largest absolute Gasteiger partial charge is 0.457 e. The summed E-state index contributed by atoms with van der Waals surface area (Å²) in [7, 11) is 2.03. The van der Waals surface area contributed by atoms with Crippen molar-refractivity contribution in [2.75, 3.05) is 6.61 Å². The molecule has 1 fully saturated rings. The van der Waals surface area contributed by atoms with Crippen molar-refractivity contribution >= 4 is 28.6 Å². The first-order chi connectivity index (χ1) is 18.0. The molecule has 1 saturated carbocycles. The molecule has 3 atom stereocenters. The SMILES string of the molecule is CCCCC(NCc1cccc2ccn(C)c12)C(=O)N[C@H]1CCC[C@H]1C(=O)OCC(=O)c1ccccc1. The maximum atomic E-state index is 13.3. The van der Waals surface area contributed by atoms with E-state index in [-0.39, 0.29) is 30.4 Å². The topological polar surface area (TPSA) is 89.4 Å². The van der Waals surface area contributed by atoms with Gasteiger partial charge in [0.05, 0.1) is 17.5 Å². The first-order valence-electron chi connectivity index (χ1n) is 13.3. The average Bonchev–Trinajstić information content (AvgIpc) is 3.54. The second-order valence-corrected chi connectivity index (χ2v) is 9.91. The van der Waals surface area contributed by atoms with Gasteiger partial charge in [-0.05, 0) is 36.3 Å². The van der Waals surface area contributed by atoms with Gasteiger partial charge in [-0.2, -0.15) is 0 Å². The highest BCUT2D eigenvalue weighted by Crippen LogP contribution is 2.27. The van der Waals surface area contributed by atoms with E-state index >= 15 is 0 Å². The molecule has 0 bridgehead atoms. The van der Waals surface area contributed by atoms with Gasteiger partial charge in [-0.1, -0.05) is 74.7 Å². The molecule has 3 aromatic rings. The number of nitrogens with one attached hydrogen (secondary N) is 2. The Labute approximate surface area is 218 Å². The normalized spacial score (nSPS) is 18.0. The van der Waals surface area contributed by atoms with Gasteiger partial charge in [0.1, 0.15) is 0 Å². The minimum atomic E-state index is -0.434. The molecule has 1 aliphatic carbocycles. The quantitative estimate of drug-likeness (QED) is 0.280. The number of carbonyl (C=O) groups is 3. The molecule has 1 aromatic heterocycles. The number of para-hydroxylation sites is 1. The smallest absolute Gasteiger partial charge is 0.311 e. The Morgan fingerprint density at radius 3 is 2.65 bits per heavy atom. The number of Topliss-reactive ketones (excluding diaryl/α,β-unsaturated/α-hetero) is 1. The summed E-state index contributed by atoms with van der Waals surface area (Å²) < 4.78 is 7.47. The fourth-order valence-corrected chi connectivity index (χ4v) is 5.20. The molecule has 7 heteroatoms. The lowest BCUT2D eigenvalue weighted by molar-refractivity contribution is -0.148. The number of fused-ring (bicyclic) bond motifs is 1. The van der Waals surface area contributed by atoms with E-state index in [1.807, 2.05) is 25.4 Å². The molecule has 4 rings (SSSR count). The van der Waals surface area contributed by atoms with Crippen molar-refractivity contribution in [2.45, 2.75) is 64.1 Å². The molecule has 0 spiro atoms. The van der Waals surface area contributed by atoms with Gasteiger partial charge in [-0.25, -0.2) is 0 Å². The Morgan fingerprint density at radius 2 is 1.86 bits per heavy atom. The van der Waals surface area contributed by atoms with Gasteiger partial charge in [0.25, 0.3) is 0 Å². The van der Waals surface area contributed by atoms with Crippen LogP contribution in [0.4, 0.5) is 0 Å². The molecule has 1 heterocycles. The first-order valence-corrected chi connectivity index (χ1v) is 13.3. The van der Waals surface area contributed by atoms with E-state index in [9.17, 15) is 14.4 Å². The number of esters is 1. The minimum Gasteiger partial charge on any atom is -0.457 e. The van der Waals surface area contributed by atoms with Gasteiger partial charge < -0.3 is 19.9 Å². The molecule has 2 N–H and O–H groups in total. The number of aromatic nitrogens is 1. The summed E-state index contributed by atoms with van der Waals surface area (Å²) in [5.41, 5.74) is 2.82. The third kappa shape index (κ3) is 6.66. The molecular weight excluding hydrogens is 466 g/mol. The Balaban J connectivity index is 1.35. The maximum absolute atomic E-state index is 13.3. The summed E-state index contributed by atoms with van der Waals surface area (Å²) in [4.78, 5) is 38.5. The summed E-state index contributed by atoms with van der Waals surface area (Å²) in [6.45, 7) is 2.40. The highest BCUT2D eigenvalue weighted by molar-refractivity contribution is 5.98. The molecular formula is C30H37N3O4. The van der Waals surface area contributed by atoms with Crippen LogP contribution < -0.4 is 10.6 Å². The highest BCUT2D eigenvalue weighted by Gasteiger charge is 2.36. The van der Waals surface area contributed by atoms with E-state index < -0.39 is 11.9 Å². The van der Waals surface area contributed by atoms with Crippen LogP contribution in [-0.4, -0.2) is 40.9 Å². The molecule has 0 saturated heterocycles. The highest BCUT2D eigenvalue weighted by atomic mass is 16.5. The van der Waals surface area contributed by atoms with E-state index in [0.717, 1.165) is 43.2 Å². The number of amides is 1. The van der Waals surface area contributed by atoms with E-state index in [0.29, 0.717) is 18.5 Å². The molecule has 1 amide bonds. The molecule has 0 radical (unpaired) electrons. The third-order valence-corrected chi connectivity index (χ3v) is 7.27. The zero-order valence-electron chi connectivity index (χ0n) is 21.7. The summed E-state index contributed by atoms with van der Waals surface area (Å²) in [6.07, 6.45) is 6.89. The number of aryl methyl sites for hydroxylation is 1. The standard InChI is InChI=1S/C30H37N3O4/c1-3-4-15-26(31-19-23-13-8-12-22-17-18-33(2)28(22)23)29(35)32-25-16-9-14-24(25)30(36)37-20-27(34)21-10-6-5-7-11-21/h5-8,10-13,17-18,24-26,31H,3-4,9,14-16,19-20H2,1-2H3,(H,32,35)/t24-,25+,26?/m1/s1. The first kappa shape index (κ1) is 26.6. The Kier molecular flexibility index (Phi) is 9.12. The lowest BCUT2D eigenvalue weighted by Crippen LogP contribution is -2.49. The number of ether oxygens (including phenoxy) is 1. The van der Waals surface area contributed by atoms with Gasteiger partial charge in [0.2, 0.25) is 5.91 Å². The Morgan fingerprint density at radius 1 is 1.05 bits per heavy atom. The zero-order valence-corrected chi connectivity index (χ0v) is 21.7. The molecule has 1 aliphatic rings. The number of hydrogen-bond acceptors (Lipinski definition) is 5. The molecule has 0 aliphatic heterocycles. The van der Waals surface area contributed by atoms with Gasteiger partial charge in [-0.15, -0.1) is 0 Å². The summed E-state index contributed by atoms with van der Waals surface area (Å²) in [6, 6.07) is 16.5. The number of ketones is 1. The van der Waals surface area contributed by atoms with E-state index in [1.165, 1.54) is 5.39 Å². The van der Waals surface area contributed by atoms with Gasteiger partial charge in [0.15, 0.2) is 12.4 Å². The van der Waals surface area contributed by atoms with Crippen molar-refractivity contribution < 1.29 is 19.1 Å².